The number of piperidine rings is 1. The van der Waals surface area contributed by atoms with Gasteiger partial charge in [-0.3, -0.25) is 0 Å². The first kappa shape index (κ1) is 23.8. The number of alkyl halides is 3. The monoisotopic (exact) mass is 427 g/mol. The fraction of sp³-hybridized carbons (Fsp3) is 0.947. The van der Waals surface area contributed by atoms with E-state index in [2.05, 4.69) is 0 Å². The highest BCUT2D eigenvalue weighted by Gasteiger charge is 2.42. The van der Waals surface area contributed by atoms with Crippen LogP contribution in [0.2, 0.25) is 0 Å². The molecule has 9 heteroatoms. The smallest absolute Gasteiger partial charge is 0.381 e. The van der Waals surface area contributed by atoms with Crippen molar-refractivity contribution < 1.29 is 31.6 Å². The molecule has 0 aromatic heterocycles. The summed E-state index contributed by atoms with van der Waals surface area (Å²) < 4.78 is 60.7. The number of rotatable bonds is 11. The van der Waals surface area contributed by atoms with Crippen LogP contribution in [-0.2, 0) is 25.3 Å². The lowest BCUT2D eigenvalue weighted by molar-refractivity contribution is -0.137. The number of nitrogens with zero attached hydrogens (tertiary/aromatic N) is 1. The summed E-state index contributed by atoms with van der Waals surface area (Å²) >= 11 is 0. The van der Waals surface area contributed by atoms with Gasteiger partial charge in [-0.05, 0) is 44.4 Å². The van der Waals surface area contributed by atoms with E-state index in [0.29, 0.717) is 38.6 Å². The van der Waals surface area contributed by atoms with Crippen molar-refractivity contribution in [3.8, 4) is 0 Å². The normalized spacial score (nSPS) is 22.8. The first-order valence-electron chi connectivity index (χ1n) is 10.2. The lowest BCUT2D eigenvalue weighted by Crippen LogP contribution is -2.50. The molecule has 0 spiro atoms. The number of halogens is 3. The van der Waals surface area contributed by atoms with Gasteiger partial charge in [0.2, 0.25) is 0 Å². The van der Waals surface area contributed by atoms with Crippen molar-refractivity contribution in [1.82, 2.24) is 4.31 Å². The van der Waals surface area contributed by atoms with Crippen molar-refractivity contribution in [2.75, 3.05) is 39.5 Å². The summed E-state index contributed by atoms with van der Waals surface area (Å²) in [6.07, 6.45) is 1.86. The molecule has 0 amide bonds. The van der Waals surface area contributed by atoms with Crippen LogP contribution in [0.5, 0.6) is 0 Å². The van der Waals surface area contributed by atoms with Crippen LogP contribution in [0.1, 0.15) is 57.8 Å². The molecule has 0 bridgehead atoms. The van der Waals surface area contributed by atoms with Crippen molar-refractivity contribution in [3.05, 3.63) is 0 Å². The zero-order valence-electron chi connectivity index (χ0n) is 16.4. The van der Waals surface area contributed by atoms with Crippen LogP contribution in [0, 0.1) is 5.92 Å². The van der Waals surface area contributed by atoms with Gasteiger partial charge in [-0.2, -0.15) is 13.2 Å². The number of ether oxygens (including phenoxy) is 2. The molecule has 0 aromatic rings. The topological polar surface area (TPSA) is 55.8 Å². The summed E-state index contributed by atoms with van der Waals surface area (Å²) in [4.78, 5) is 11.6. The fourth-order valence-electron chi connectivity index (χ4n) is 3.79. The molecule has 2 saturated heterocycles. The number of unbranched alkanes of at least 4 members (excludes halogenated alkanes) is 1. The third-order valence-corrected chi connectivity index (χ3v) is 7.64. The maximum absolute atomic E-state index is 12.9. The zero-order valence-corrected chi connectivity index (χ0v) is 17.2. The lowest BCUT2D eigenvalue weighted by Gasteiger charge is -2.38. The average Bonchev–Trinajstić information content (AvgIpc) is 2.69. The molecule has 2 aliphatic rings. The Bertz CT molecular complexity index is 490. The standard InChI is InChI=1S/C19H32F3NO4S/c20-19(21,22)7-3-13-26-12-2-1-4-17-5-10-23(11-6-17)28(25)18(16-24)8-14-27-15-9-18/h16-17H,1-15H2. The number of hydrogen-bond acceptors (Lipinski definition) is 4. The van der Waals surface area contributed by atoms with Gasteiger partial charge in [-0.1, -0.05) is 12.8 Å². The minimum Gasteiger partial charge on any atom is -0.381 e. The summed E-state index contributed by atoms with van der Waals surface area (Å²) in [6, 6.07) is 0. The highest BCUT2D eigenvalue weighted by atomic mass is 32.2. The predicted octanol–water partition coefficient (Wildman–Crippen LogP) is 3.64. The van der Waals surface area contributed by atoms with E-state index in [0.717, 1.165) is 51.5 Å². The Morgan fingerprint density at radius 1 is 1.11 bits per heavy atom. The molecule has 1 unspecified atom stereocenters. The maximum Gasteiger partial charge on any atom is 0.389 e. The second-order valence-corrected chi connectivity index (χ2v) is 9.57. The number of hydrogen-bond donors (Lipinski definition) is 0. The summed E-state index contributed by atoms with van der Waals surface area (Å²) in [5.41, 5.74) is 0. The van der Waals surface area contributed by atoms with E-state index < -0.39 is 28.3 Å². The molecule has 0 saturated carbocycles. The van der Waals surface area contributed by atoms with E-state index in [9.17, 15) is 22.2 Å². The van der Waals surface area contributed by atoms with Crippen LogP contribution in [0.4, 0.5) is 13.2 Å². The largest absolute Gasteiger partial charge is 0.389 e. The quantitative estimate of drug-likeness (QED) is 0.373. The van der Waals surface area contributed by atoms with Crippen LogP contribution >= 0.6 is 0 Å². The molecular weight excluding hydrogens is 395 g/mol. The van der Waals surface area contributed by atoms with Gasteiger partial charge in [0.25, 0.3) is 0 Å². The van der Waals surface area contributed by atoms with Crippen LogP contribution in [0.15, 0.2) is 0 Å². The maximum atomic E-state index is 12.9. The van der Waals surface area contributed by atoms with Crippen LogP contribution < -0.4 is 0 Å². The third kappa shape index (κ3) is 7.72. The Kier molecular flexibility index (Phi) is 9.86. The first-order valence-corrected chi connectivity index (χ1v) is 11.3. The molecule has 0 aromatic carbocycles. The minimum absolute atomic E-state index is 0.0213. The fourth-order valence-corrected chi connectivity index (χ4v) is 5.44. The molecule has 0 aliphatic carbocycles. The molecule has 0 radical (unpaired) electrons. The number of aldehydes is 1. The van der Waals surface area contributed by atoms with Crippen molar-refractivity contribution in [3.63, 3.8) is 0 Å². The minimum atomic E-state index is -4.10. The predicted molar refractivity (Wildman–Crippen MR) is 101 cm³/mol. The van der Waals surface area contributed by atoms with E-state index in [1.807, 2.05) is 4.31 Å². The number of carbonyl (C=O) groups excluding carboxylic acids is 1. The second kappa shape index (κ2) is 11.6. The third-order valence-electron chi connectivity index (χ3n) is 5.61. The van der Waals surface area contributed by atoms with Gasteiger partial charge in [-0.15, -0.1) is 0 Å². The van der Waals surface area contributed by atoms with E-state index in [1.54, 1.807) is 0 Å². The van der Waals surface area contributed by atoms with Gasteiger partial charge in [0.15, 0.2) is 0 Å². The Labute approximate surface area is 167 Å². The molecular formula is C19H32F3NO4S. The Hall–Kier alpha value is -0.510. The molecule has 5 nitrogen and oxygen atoms in total. The van der Waals surface area contributed by atoms with Crippen molar-refractivity contribution in [1.29, 1.82) is 0 Å². The first-order chi connectivity index (χ1) is 13.4. The highest BCUT2D eigenvalue weighted by Crippen LogP contribution is 2.31. The van der Waals surface area contributed by atoms with Crippen LogP contribution in [-0.4, -0.2) is 65.2 Å². The lowest BCUT2D eigenvalue weighted by atomic mass is 9.92. The molecule has 2 aliphatic heterocycles. The highest BCUT2D eigenvalue weighted by molar-refractivity contribution is 7.84. The van der Waals surface area contributed by atoms with E-state index in [1.165, 1.54) is 0 Å². The van der Waals surface area contributed by atoms with Crippen molar-refractivity contribution >= 4 is 17.3 Å². The zero-order chi connectivity index (χ0) is 20.5. The summed E-state index contributed by atoms with van der Waals surface area (Å²) in [5, 5.41) is 0. The molecule has 0 N–H and O–H groups in total. The van der Waals surface area contributed by atoms with Gasteiger partial charge in [0.1, 0.15) is 22.0 Å². The molecule has 164 valence electrons. The SMILES string of the molecule is O=CC1(S(=O)N2CCC(CCCCOCCCC(F)(F)F)CC2)CCOCC1. The number of carbonyl (C=O) groups is 1. The summed E-state index contributed by atoms with van der Waals surface area (Å²) in [6.45, 7) is 3.11. The average molecular weight is 428 g/mol. The Balaban J connectivity index is 1.56. The van der Waals surface area contributed by atoms with Crippen molar-refractivity contribution in [2.45, 2.75) is 68.7 Å². The molecule has 28 heavy (non-hydrogen) atoms. The molecule has 2 heterocycles. The molecule has 2 fully saturated rings. The molecule has 2 rings (SSSR count). The van der Waals surface area contributed by atoms with Crippen LogP contribution in [0.3, 0.4) is 0 Å². The second-order valence-electron chi connectivity index (χ2n) is 7.74. The van der Waals surface area contributed by atoms with Gasteiger partial charge in [0, 0.05) is 45.9 Å². The van der Waals surface area contributed by atoms with E-state index in [-0.39, 0.29) is 13.0 Å². The van der Waals surface area contributed by atoms with E-state index in [4.69, 9.17) is 9.47 Å². The van der Waals surface area contributed by atoms with Gasteiger partial charge >= 0.3 is 6.18 Å². The summed E-state index contributed by atoms with van der Waals surface area (Å²) in [5.74, 6) is 0.570. The Morgan fingerprint density at radius 2 is 1.75 bits per heavy atom. The van der Waals surface area contributed by atoms with Crippen molar-refractivity contribution in [2.24, 2.45) is 5.92 Å². The van der Waals surface area contributed by atoms with Gasteiger partial charge in [-0.25, -0.2) is 8.51 Å². The van der Waals surface area contributed by atoms with Crippen LogP contribution in [0.25, 0.3) is 0 Å². The van der Waals surface area contributed by atoms with Gasteiger partial charge in [0.05, 0.1) is 0 Å². The Morgan fingerprint density at radius 3 is 2.36 bits per heavy atom. The van der Waals surface area contributed by atoms with Gasteiger partial charge < -0.3 is 14.3 Å². The van der Waals surface area contributed by atoms with E-state index >= 15 is 0 Å². The molecule has 1 atom stereocenters. The summed E-state index contributed by atoms with van der Waals surface area (Å²) in [7, 11) is -1.30.